The van der Waals surface area contributed by atoms with E-state index in [2.05, 4.69) is 16.8 Å². The third-order valence-electron chi connectivity index (χ3n) is 2.53. The Bertz CT molecular complexity index is 387. The maximum absolute atomic E-state index is 10.3. The molecule has 1 unspecified atom stereocenters. The zero-order valence-electron chi connectivity index (χ0n) is 8.64. The Balaban J connectivity index is 1.99. The highest BCUT2D eigenvalue weighted by molar-refractivity contribution is 7.10. The third-order valence-corrected chi connectivity index (χ3v) is 4.39. The second-order valence-electron chi connectivity index (χ2n) is 3.88. The first-order valence-electron chi connectivity index (χ1n) is 4.96. The molecule has 0 fully saturated rings. The van der Waals surface area contributed by atoms with Crippen molar-refractivity contribution in [2.24, 2.45) is 0 Å². The molecule has 15 heavy (non-hydrogen) atoms. The van der Waals surface area contributed by atoms with Gasteiger partial charge in [-0.05, 0) is 53.6 Å². The van der Waals surface area contributed by atoms with Crippen LogP contribution >= 0.6 is 22.7 Å². The number of thiophene rings is 2. The van der Waals surface area contributed by atoms with Crippen LogP contribution in [0.3, 0.4) is 0 Å². The van der Waals surface area contributed by atoms with Gasteiger partial charge >= 0.3 is 0 Å². The van der Waals surface area contributed by atoms with Crippen molar-refractivity contribution < 1.29 is 5.11 Å². The van der Waals surface area contributed by atoms with Crippen LogP contribution in [0.1, 0.15) is 23.8 Å². The molecule has 0 spiro atoms. The van der Waals surface area contributed by atoms with Crippen molar-refractivity contribution >= 4 is 22.7 Å². The Morgan fingerprint density at radius 3 is 2.80 bits per heavy atom. The van der Waals surface area contributed by atoms with Gasteiger partial charge in [-0.3, -0.25) is 0 Å². The van der Waals surface area contributed by atoms with Crippen molar-refractivity contribution in [3.05, 3.63) is 44.8 Å². The van der Waals surface area contributed by atoms with E-state index in [1.54, 1.807) is 22.7 Å². The van der Waals surface area contributed by atoms with E-state index in [9.17, 15) is 5.11 Å². The molecule has 0 saturated carbocycles. The van der Waals surface area contributed by atoms with E-state index in [-0.39, 0.29) is 0 Å². The highest BCUT2D eigenvalue weighted by atomic mass is 32.1. The molecule has 1 N–H and O–H groups in total. The molecule has 2 aromatic rings. The van der Waals surface area contributed by atoms with Gasteiger partial charge in [-0.25, -0.2) is 0 Å². The van der Waals surface area contributed by atoms with Crippen LogP contribution in [0.5, 0.6) is 0 Å². The number of hydrogen-bond acceptors (Lipinski definition) is 3. The smallest absolute Gasteiger partial charge is 0.0963 e. The van der Waals surface area contributed by atoms with Gasteiger partial charge < -0.3 is 5.11 Å². The highest BCUT2D eigenvalue weighted by Gasteiger charge is 2.23. The molecule has 80 valence electrons. The van der Waals surface area contributed by atoms with E-state index in [1.165, 1.54) is 5.56 Å². The predicted molar refractivity (Wildman–Crippen MR) is 66.5 cm³/mol. The summed E-state index contributed by atoms with van der Waals surface area (Å²) in [7, 11) is 0. The van der Waals surface area contributed by atoms with Crippen molar-refractivity contribution in [1.82, 2.24) is 0 Å². The van der Waals surface area contributed by atoms with Crippen LogP contribution in [0.25, 0.3) is 0 Å². The van der Waals surface area contributed by atoms with Gasteiger partial charge in [-0.1, -0.05) is 6.07 Å². The van der Waals surface area contributed by atoms with Crippen LogP contribution in [-0.2, 0) is 12.0 Å². The van der Waals surface area contributed by atoms with Crippen molar-refractivity contribution in [1.29, 1.82) is 0 Å². The molecule has 2 heterocycles. The molecular formula is C12H14OS2. The molecule has 0 radical (unpaired) electrons. The summed E-state index contributed by atoms with van der Waals surface area (Å²) in [5.74, 6) is 0. The van der Waals surface area contributed by atoms with Crippen molar-refractivity contribution in [2.45, 2.75) is 25.4 Å². The van der Waals surface area contributed by atoms with E-state index in [0.717, 1.165) is 17.7 Å². The summed E-state index contributed by atoms with van der Waals surface area (Å²) < 4.78 is 0. The van der Waals surface area contributed by atoms with E-state index >= 15 is 0 Å². The summed E-state index contributed by atoms with van der Waals surface area (Å²) in [6.07, 6.45) is 1.72. The number of aryl methyl sites for hydroxylation is 1. The fourth-order valence-electron chi connectivity index (χ4n) is 1.53. The standard InChI is InChI=1S/C12H14OS2/c1-12(13,11-3-2-7-15-11)6-4-10-5-8-14-9-10/h2-3,5,7-9,13H,4,6H2,1H3. The van der Waals surface area contributed by atoms with E-state index in [1.807, 2.05) is 24.4 Å². The van der Waals surface area contributed by atoms with Crippen molar-refractivity contribution in [2.75, 3.05) is 0 Å². The molecule has 3 heteroatoms. The molecular weight excluding hydrogens is 224 g/mol. The van der Waals surface area contributed by atoms with E-state index in [0.29, 0.717) is 0 Å². The highest BCUT2D eigenvalue weighted by Crippen LogP contribution is 2.29. The lowest BCUT2D eigenvalue weighted by atomic mass is 9.96. The van der Waals surface area contributed by atoms with Crippen LogP contribution in [0.4, 0.5) is 0 Å². The minimum absolute atomic E-state index is 0.684. The molecule has 0 bridgehead atoms. The van der Waals surface area contributed by atoms with E-state index in [4.69, 9.17) is 0 Å². The van der Waals surface area contributed by atoms with Crippen LogP contribution in [0, 0.1) is 0 Å². The lowest BCUT2D eigenvalue weighted by Gasteiger charge is -2.21. The zero-order chi connectivity index (χ0) is 10.7. The van der Waals surface area contributed by atoms with Gasteiger partial charge in [0.15, 0.2) is 0 Å². The normalized spacial score (nSPS) is 15.1. The molecule has 2 rings (SSSR count). The lowest BCUT2D eigenvalue weighted by molar-refractivity contribution is 0.0519. The van der Waals surface area contributed by atoms with Crippen LogP contribution in [-0.4, -0.2) is 5.11 Å². The Morgan fingerprint density at radius 1 is 1.33 bits per heavy atom. The topological polar surface area (TPSA) is 20.2 Å². The van der Waals surface area contributed by atoms with Gasteiger partial charge in [0.2, 0.25) is 0 Å². The summed E-state index contributed by atoms with van der Waals surface area (Å²) in [6, 6.07) is 6.10. The maximum atomic E-state index is 10.3. The summed E-state index contributed by atoms with van der Waals surface area (Å²) in [5, 5.41) is 16.5. The average molecular weight is 238 g/mol. The van der Waals surface area contributed by atoms with Crippen LogP contribution < -0.4 is 0 Å². The first-order chi connectivity index (χ1) is 7.18. The van der Waals surface area contributed by atoms with E-state index < -0.39 is 5.60 Å². The molecule has 0 aliphatic heterocycles. The van der Waals surface area contributed by atoms with Gasteiger partial charge in [0, 0.05) is 4.88 Å². The first-order valence-corrected chi connectivity index (χ1v) is 6.78. The minimum Gasteiger partial charge on any atom is -0.385 e. The van der Waals surface area contributed by atoms with Crippen molar-refractivity contribution in [3.63, 3.8) is 0 Å². The molecule has 1 nitrogen and oxygen atoms in total. The van der Waals surface area contributed by atoms with Gasteiger partial charge in [0.1, 0.15) is 0 Å². The first kappa shape index (κ1) is 10.9. The van der Waals surface area contributed by atoms with Crippen molar-refractivity contribution in [3.8, 4) is 0 Å². The van der Waals surface area contributed by atoms with Gasteiger partial charge in [0.05, 0.1) is 5.60 Å². The monoisotopic (exact) mass is 238 g/mol. The maximum Gasteiger partial charge on any atom is 0.0963 e. The summed E-state index contributed by atoms with van der Waals surface area (Å²) in [4.78, 5) is 1.05. The quantitative estimate of drug-likeness (QED) is 0.862. The second-order valence-corrected chi connectivity index (χ2v) is 5.61. The molecule has 0 aliphatic carbocycles. The predicted octanol–water partition coefficient (Wildman–Crippen LogP) is 3.65. The summed E-state index contributed by atoms with van der Waals surface area (Å²) in [5.41, 5.74) is 0.632. The molecule has 0 saturated heterocycles. The number of aliphatic hydroxyl groups is 1. The zero-order valence-corrected chi connectivity index (χ0v) is 10.3. The molecule has 1 atom stereocenters. The SMILES string of the molecule is CC(O)(CCc1ccsc1)c1cccs1. The Hall–Kier alpha value is -0.640. The number of rotatable bonds is 4. The molecule has 0 aromatic carbocycles. The molecule has 0 aliphatic rings. The molecule has 2 aromatic heterocycles. The number of hydrogen-bond donors (Lipinski definition) is 1. The average Bonchev–Trinajstić information content (AvgIpc) is 2.88. The largest absolute Gasteiger partial charge is 0.385 e. The van der Waals surface area contributed by atoms with Gasteiger partial charge in [-0.15, -0.1) is 11.3 Å². The molecule has 0 amide bonds. The summed E-state index contributed by atoms with van der Waals surface area (Å²) in [6.45, 7) is 1.89. The minimum atomic E-state index is -0.684. The second kappa shape index (κ2) is 4.47. The fraction of sp³-hybridized carbons (Fsp3) is 0.333. The van der Waals surface area contributed by atoms with Gasteiger partial charge in [-0.2, -0.15) is 11.3 Å². The third kappa shape index (κ3) is 2.68. The Labute approximate surface area is 98.0 Å². The van der Waals surface area contributed by atoms with Gasteiger partial charge in [0.25, 0.3) is 0 Å². The lowest BCUT2D eigenvalue weighted by Crippen LogP contribution is -2.20. The fourth-order valence-corrected chi connectivity index (χ4v) is 3.05. The summed E-state index contributed by atoms with van der Waals surface area (Å²) >= 11 is 3.33. The Morgan fingerprint density at radius 2 is 2.20 bits per heavy atom. The Kier molecular flexibility index (Phi) is 3.24. The van der Waals surface area contributed by atoms with Crippen LogP contribution in [0.15, 0.2) is 34.3 Å². The van der Waals surface area contributed by atoms with Crippen LogP contribution in [0.2, 0.25) is 0 Å².